The first-order valence-corrected chi connectivity index (χ1v) is 8.58. The predicted octanol–water partition coefficient (Wildman–Crippen LogP) is 4.41. The highest BCUT2D eigenvalue weighted by Crippen LogP contribution is 2.26. The van der Waals surface area contributed by atoms with Crippen LogP contribution in [-0.2, 0) is 6.61 Å². The van der Waals surface area contributed by atoms with Gasteiger partial charge in [0, 0.05) is 16.8 Å². The Bertz CT molecular complexity index is 913. The van der Waals surface area contributed by atoms with Crippen LogP contribution in [0.2, 0.25) is 0 Å². The van der Waals surface area contributed by atoms with Gasteiger partial charge in [-0.2, -0.15) is 0 Å². The van der Waals surface area contributed by atoms with Gasteiger partial charge in [0.2, 0.25) is 0 Å². The van der Waals surface area contributed by atoms with Crippen LogP contribution in [-0.4, -0.2) is 20.6 Å². The monoisotopic (exact) mass is 387 g/mol. The maximum Gasteiger partial charge on any atom is 0.332 e. The van der Waals surface area contributed by atoms with E-state index in [2.05, 4.69) is 23.3 Å². The highest BCUT2D eigenvalue weighted by molar-refractivity contribution is 7.78. The Balaban J connectivity index is 1.67. The number of halogens is 1. The van der Waals surface area contributed by atoms with Crippen molar-refractivity contribution >= 4 is 24.5 Å². The lowest BCUT2D eigenvalue weighted by Gasteiger charge is -2.24. The fraction of sp³-hybridized carbons (Fsp3) is 0.158. The minimum Gasteiger partial charge on any atom is -0.391 e. The van der Waals surface area contributed by atoms with Crippen molar-refractivity contribution in [1.29, 1.82) is 0 Å². The van der Waals surface area contributed by atoms with E-state index in [1.165, 1.54) is 22.7 Å². The molecule has 8 heteroatoms. The molecule has 6 nitrogen and oxygen atoms in total. The van der Waals surface area contributed by atoms with Crippen molar-refractivity contribution in [2.45, 2.75) is 19.6 Å². The second-order valence-corrected chi connectivity index (χ2v) is 6.36. The van der Waals surface area contributed by atoms with E-state index in [4.69, 9.17) is 4.52 Å². The van der Waals surface area contributed by atoms with Gasteiger partial charge in [0.15, 0.2) is 0 Å². The highest BCUT2D eigenvalue weighted by Gasteiger charge is 2.19. The lowest BCUT2D eigenvalue weighted by Crippen LogP contribution is -2.29. The van der Waals surface area contributed by atoms with E-state index in [1.807, 2.05) is 0 Å². The molecule has 0 saturated heterocycles. The number of aliphatic hydroxyl groups excluding tert-OH is 1. The third kappa shape index (κ3) is 4.29. The topological polar surface area (TPSA) is 78.6 Å². The number of hydrogen-bond donors (Lipinski definition) is 3. The van der Waals surface area contributed by atoms with Gasteiger partial charge in [-0.3, -0.25) is 4.31 Å². The Morgan fingerprint density at radius 1 is 1.26 bits per heavy atom. The Morgan fingerprint density at radius 3 is 2.56 bits per heavy atom. The maximum atomic E-state index is 13.0. The van der Waals surface area contributed by atoms with Crippen LogP contribution in [0.25, 0.3) is 11.3 Å². The number of aromatic nitrogens is 1. The van der Waals surface area contributed by atoms with Crippen LogP contribution in [0.1, 0.15) is 24.1 Å². The number of rotatable bonds is 5. The predicted molar refractivity (Wildman–Crippen MR) is 103 cm³/mol. The Labute approximate surface area is 161 Å². The minimum atomic E-state index is -0.416. The van der Waals surface area contributed by atoms with Gasteiger partial charge in [0.05, 0.1) is 12.6 Å². The summed E-state index contributed by atoms with van der Waals surface area (Å²) >= 11 is 4.26. The number of urea groups is 1. The van der Waals surface area contributed by atoms with Gasteiger partial charge in [-0.05, 0) is 36.8 Å². The van der Waals surface area contributed by atoms with Gasteiger partial charge in [0.1, 0.15) is 17.8 Å². The first-order valence-electron chi connectivity index (χ1n) is 8.18. The molecule has 0 aliphatic carbocycles. The lowest BCUT2D eigenvalue weighted by molar-refractivity contribution is 0.232. The lowest BCUT2D eigenvalue weighted by atomic mass is 10.1. The molecule has 0 radical (unpaired) electrons. The molecule has 2 N–H and O–H groups in total. The number of amides is 2. The number of hydrogen-bond acceptors (Lipinski definition) is 5. The second kappa shape index (κ2) is 8.24. The number of carbonyl (C=O) groups is 1. The van der Waals surface area contributed by atoms with Crippen LogP contribution >= 0.6 is 12.8 Å². The molecule has 1 heterocycles. The Hall–Kier alpha value is -2.84. The molecule has 3 aromatic rings. The van der Waals surface area contributed by atoms with Gasteiger partial charge in [-0.15, -0.1) is 0 Å². The Kier molecular flexibility index (Phi) is 5.78. The first kappa shape index (κ1) is 18.9. The third-order valence-electron chi connectivity index (χ3n) is 4.15. The molecule has 2 amide bonds. The standard InChI is InChI=1S/C19H18FN3O3S/c1-12(13-2-6-16(20)7-3-13)23(27)19(25)21-17-8-4-14(5-9-17)18-15(10-24)11-26-22-18/h2-9,11-12,24,27H,10H2,1H3,(H,21,25). The molecule has 1 aromatic heterocycles. The molecule has 1 unspecified atom stereocenters. The van der Waals surface area contributed by atoms with Gasteiger partial charge >= 0.3 is 6.03 Å². The zero-order valence-corrected chi connectivity index (χ0v) is 15.4. The molecule has 0 saturated carbocycles. The van der Waals surface area contributed by atoms with E-state index in [1.54, 1.807) is 43.3 Å². The molecule has 0 aliphatic heterocycles. The zero-order chi connectivity index (χ0) is 19.4. The summed E-state index contributed by atoms with van der Waals surface area (Å²) < 4.78 is 19.2. The summed E-state index contributed by atoms with van der Waals surface area (Å²) in [7, 11) is 0. The molecule has 27 heavy (non-hydrogen) atoms. The number of nitrogens with zero attached hydrogens (tertiary/aromatic N) is 2. The van der Waals surface area contributed by atoms with Crippen molar-refractivity contribution in [3.05, 3.63) is 71.7 Å². The van der Waals surface area contributed by atoms with Crippen LogP contribution in [0.3, 0.4) is 0 Å². The van der Waals surface area contributed by atoms with E-state index in [0.29, 0.717) is 16.9 Å². The molecule has 3 rings (SSSR count). The molecule has 0 fully saturated rings. The van der Waals surface area contributed by atoms with Crippen molar-refractivity contribution in [3.63, 3.8) is 0 Å². The maximum absolute atomic E-state index is 13.0. The SMILES string of the molecule is CC(c1ccc(F)cc1)N(S)C(=O)Nc1ccc(-c2nocc2CO)cc1. The van der Waals surface area contributed by atoms with E-state index in [-0.39, 0.29) is 18.5 Å². The molecular weight excluding hydrogens is 369 g/mol. The van der Waals surface area contributed by atoms with E-state index >= 15 is 0 Å². The van der Waals surface area contributed by atoms with Gasteiger partial charge in [-0.25, -0.2) is 9.18 Å². The summed E-state index contributed by atoms with van der Waals surface area (Å²) in [5, 5.41) is 15.9. The van der Waals surface area contributed by atoms with Crippen molar-refractivity contribution in [2.75, 3.05) is 5.32 Å². The van der Waals surface area contributed by atoms with E-state index < -0.39 is 6.03 Å². The number of nitrogens with one attached hydrogen (secondary N) is 1. The summed E-state index contributed by atoms with van der Waals surface area (Å²) in [5.74, 6) is -0.335. The zero-order valence-electron chi connectivity index (χ0n) is 14.5. The van der Waals surface area contributed by atoms with Crippen molar-refractivity contribution < 1.29 is 18.8 Å². The van der Waals surface area contributed by atoms with Crippen molar-refractivity contribution in [2.24, 2.45) is 0 Å². The highest BCUT2D eigenvalue weighted by atomic mass is 32.1. The van der Waals surface area contributed by atoms with Crippen LogP contribution in [0.4, 0.5) is 14.9 Å². The van der Waals surface area contributed by atoms with Crippen molar-refractivity contribution in [1.82, 2.24) is 9.46 Å². The van der Waals surface area contributed by atoms with Crippen molar-refractivity contribution in [3.8, 4) is 11.3 Å². The molecule has 0 aliphatic rings. The molecule has 0 bridgehead atoms. The summed E-state index contributed by atoms with van der Waals surface area (Å²) in [6.07, 6.45) is 1.39. The third-order valence-corrected chi connectivity index (χ3v) is 4.68. The summed E-state index contributed by atoms with van der Waals surface area (Å²) in [4.78, 5) is 12.4. The average molecular weight is 387 g/mol. The summed E-state index contributed by atoms with van der Waals surface area (Å²) in [6.45, 7) is 1.62. The van der Waals surface area contributed by atoms with Gasteiger partial charge in [0.25, 0.3) is 0 Å². The summed E-state index contributed by atoms with van der Waals surface area (Å²) in [6, 6.07) is 12.1. The molecule has 0 spiro atoms. The number of aliphatic hydroxyl groups is 1. The number of thiol groups is 1. The number of benzene rings is 2. The van der Waals surface area contributed by atoms with Crippen LogP contribution < -0.4 is 5.32 Å². The average Bonchev–Trinajstić information content (AvgIpc) is 3.17. The fourth-order valence-corrected chi connectivity index (χ4v) is 2.74. The fourth-order valence-electron chi connectivity index (χ4n) is 2.56. The van der Waals surface area contributed by atoms with Gasteiger partial charge < -0.3 is 14.9 Å². The summed E-state index contributed by atoms with van der Waals surface area (Å²) in [5.41, 5.74) is 3.23. The number of anilines is 1. The van der Waals surface area contributed by atoms with Gasteiger partial charge in [-0.1, -0.05) is 42.2 Å². The smallest absolute Gasteiger partial charge is 0.332 e. The van der Waals surface area contributed by atoms with Crippen LogP contribution in [0, 0.1) is 5.82 Å². The largest absolute Gasteiger partial charge is 0.391 e. The Morgan fingerprint density at radius 2 is 1.93 bits per heavy atom. The van der Waals surface area contributed by atoms with Crippen LogP contribution in [0.5, 0.6) is 0 Å². The minimum absolute atomic E-state index is 0.173. The van der Waals surface area contributed by atoms with E-state index in [9.17, 15) is 14.3 Å². The second-order valence-electron chi connectivity index (χ2n) is 5.93. The molecule has 140 valence electrons. The van der Waals surface area contributed by atoms with E-state index in [0.717, 1.165) is 11.1 Å². The quantitative estimate of drug-likeness (QED) is 0.567. The molecular formula is C19H18FN3O3S. The molecule has 1 atom stereocenters. The normalized spacial score (nSPS) is 11.9. The number of carbonyl (C=O) groups excluding carboxylic acids is 1. The first-order chi connectivity index (χ1) is 13.0. The van der Waals surface area contributed by atoms with Crippen LogP contribution in [0.15, 0.2) is 59.3 Å². The molecule has 2 aromatic carbocycles.